The summed E-state index contributed by atoms with van der Waals surface area (Å²) in [5.74, 6) is 0. The highest BCUT2D eigenvalue weighted by molar-refractivity contribution is 7.91. The van der Waals surface area contributed by atoms with Crippen molar-refractivity contribution in [1.82, 2.24) is 0 Å². The minimum absolute atomic E-state index is 0.0628. The van der Waals surface area contributed by atoms with Crippen molar-refractivity contribution in [2.24, 2.45) is 0 Å². The van der Waals surface area contributed by atoms with E-state index >= 15 is 0 Å². The smallest absolute Gasteiger partial charge is 0.290 e. The molecule has 0 fully saturated rings. The molecule has 0 aliphatic heterocycles. The molecule has 0 bridgehead atoms. The van der Waals surface area contributed by atoms with Crippen LogP contribution < -0.4 is 0 Å². The SMILES string of the molecule is C=CC(=O)[P+](CCCO)(CCCO)CCCO. The number of hydrogen-bond acceptors (Lipinski definition) is 4. The molecule has 0 atom stereocenters. The van der Waals surface area contributed by atoms with E-state index in [1.807, 2.05) is 0 Å². The van der Waals surface area contributed by atoms with E-state index in [0.29, 0.717) is 37.7 Å². The lowest BCUT2D eigenvalue weighted by atomic mass is 10.5. The fourth-order valence-electron chi connectivity index (χ4n) is 1.98. The number of aliphatic hydroxyl groups is 3. The van der Waals surface area contributed by atoms with Gasteiger partial charge in [0.05, 0.1) is 25.7 Å². The molecule has 0 radical (unpaired) electrons. The van der Waals surface area contributed by atoms with Crippen molar-refractivity contribution >= 4 is 12.8 Å². The van der Waals surface area contributed by atoms with Crippen molar-refractivity contribution in [2.75, 3.05) is 38.3 Å². The van der Waals surface area contributed by atoms with Crippen LogP contribution in [0.1, 0.15) is 19.3 Å². The lowest BCUT2D eigenvalue weighted by molar-refractivity contribution is -0.107. The van der Waals surface area contributed by atoms with Crippen LogP contribution in [0.2, 0.25) is 0 Å². The van der Waals surface area contributed by atoms with Crippen LogP contribution >= 0.6 is 7.26 Å². The first-order valence-electron chi connectivity index (χ1n) is 6.02. The van der Waals surface area contributed by atoms with E-state index < -0.39 is 7.26 Å². The highest BCUT2D eigenvalue weighted by Gasteiger charge is 2.42. The number of aliphatic hydroxyl groups excluding tert-OH is 3. The zero-order valence-corrected chi connectivity index (χ0v) is 11.2. The summed E-state index contributed by atoms with van der Waals surface area (Å²) in [5, 5.41) is 26.8. The Bertz CT molecular complexity index is 209. The van der Waals surface area contributed by atoms with Crippen LogP contribution in [-0.2, 0) is 4.79 Å². The second-order valence-electron chi connectivity index (χ2n) is 4.09. The lowest BCUT2D eigenvalue weighted by Crippen LogP contribution is -2.18. The molecule has 0 aromatic heterocycles. The Balaban J connectivity index is 4.76. The van der Waals surface area contributed by atoms with Crippen molar-refractivity contribution in [3.05, 3.63) is 12.7 Å². The van der Waals surface area contributed by atoms with Crippen LogP contribution in [0, 0.1) is 0 Å². The molecular weight excluding hydrogens is 239 g/mol. The molecule has 0 aliphatic rings. The Hall–Kier alpha value is -0.280. The van der Waals surface area contributed by atoms with Gasteiger partial charge in [-0.2, -0.15) is 0 Å². The van der Waals surface area contributed by atoms with Crippen molar-refractivity contribution in [2.45, 2.75) is 19.3 Å². The average Bonchev–Trinajstić information content (AvgIpc) is 2.37. The largest absolute Gasteiger partial charge is 0.396 e. The second-order valence-corrected chi connectivity index (χ2v) is 8.16. The summed E-state index contributed by atoms with van der Waals surface area (Å²) in [6, 6.07) is 0. The van der Waals surface area contributed by atoms with Gasteiger partial charge in [-0.1, -0.05) is 6.58 Å². The number of carbonyl (C=O) groups is 1. The van der Waals surface area contributed by atoms with Crippen LogP contribution in [0.15, 0.2) is 12.7 Å². The van der Waals surface area contributed by atoms with Gasteiger partial charge in [-0.05, 0) is 0 Å². The predicted octanol–water partition coefficient (Wildman–Crippen LogP) is 0.864. The molecule has 5 heteroatoms. The fourth-order valence-corrected chi connectivity index (χ4v) is 5.94. The number of allylic oxidation sites excluding steroid dienone is 1. The van der Waals surface area contributed by atoms with E-state index in [-0.39, 0.29) is 25.3 Å². The third-order valence-corrected chi connectivity index (χ3v) is 7.51. The summed E-state index contributed by atoms with van der Waals surface area (Å²) in [4.78, 5) is 12.0. The van der Waals surface area contributed by atoms with Gasteiger partial charge in [-0.25, -0.2) is 4.79 Å². The van der Waals surface area contributed by atoms with Gasteiger partial charge < -0.3 is 15.3 Å². The minimum atomic E-state index is -1.87. The summed E-state index contributed by atoms with van der Waals surface area (Å²) < 4.78 is 0. The first-order valence-corrected chi connectivity index (χ1v) is 8.37. The average molecular weight is 263 g/mol. The Kier molecular flexibility index (Phi) is 9.56. The molecule has 0 aromatic carbocycles. The number of rotatable bonds is 11. The van der Waals surface area contributed by atoms with Crippen molar-refractivity contribution < 1.29 is 20.1 Å². The van der Waals surface area contributed by atoms with Crippen LogP contribution in [0.3, 0.4) is 0 Å². The number of hydrogen-bond donors (Lipinski definition) is 3. The maximum atomic E-state index is 12.0. The summed E-state index contributed by atoms with van der Waals surface area (Å²) >= 11 is 0. The topological polar surface area (TPSA) is 77.8 Å². The van der Waals surface area contributed by atoms with Gasteiger partial charge in [0.2, 0.25) is 0 Å². The molecule has 0 unspecified atom stereocenters. The van der Waals surface area contributed by atoms with Crippen molar-refractivity contribution in [1.29, 1.82) is 0 Å². The molecule has 0 spiro atoms. The molecule has 0 rings (SSSR count). The molecule has 100 valence electrons. The molecule has 0 aliphatic carbocycles. The lowest BCUT2D eigenvalue weighted by Gasteiger charge is -2.23. The quantitative estimate of drug-likeness (QED) is 0.382. The second kappa shape index (κ2) is 9.72. The van der Waals surface area contributed by atoms with Crippen molar-refractivity contribution in [3.8, 4) is 0 Å². The molecule has 0 amide bonds. The maximum Gasteiger partial charge on any atom is 0.290 e. The van der Waals surface area contributed by atoms with Crippen molar-refractivity contribution in [3.63, 3.8) is 0 Å². The molecule has 0 aromatic rings. The Morgan fingerprint density at radius 3 is 1.53 bits per heavy atom. The summed E-state index contributed by atoms with van der Waals surface area (Å²) in [7, 11) is -1.87. The van der Waals surface area contributed by atoms with Crippen LogP contribution in [0.5, 0.6) is 0 Å². The standard InChI is InChI=1S/C12H24O4P/c1-2-12(16)17(9-3-6-13,10-4-7-14)11-5-8-15/h2,13-15H,1,3-11H2/q+1. The molecular formula is C12H24O4P+. The van der Waals surface area contributed by atoms with Crippen LogP contribution in [0.25, 0.3) is 0 Å². The Labute approximate surface area is 104 Å². The highest BCUT2D eigenvalue weighted by Crippen LogP contribution is 2.61. The zero-order valence-electron chi connectivity index (χ0n) is 10.3. The van der Waals surface area contributed by atoms with Gasteiger partial charge in [0, 0.05) is 45.2 Å². The summed E-state index contributed by atoms with van der Waals surface area (Å²) in [6.07, 6.45) is 5.23. The molecule has 0 heterocycles. The van der Waals surface area contributed by atoms with Gasteiger partial charge in [0.1, 0.15) is 0 Å². The van der Waals surface area contributed by atoms with Gasteiger partial charge in [0.15, 0.2) is 0 Å². The highest BCUT2D eigenvalue weighted by atomic mass is 31.2. The molecule has 0 saturated carbocycles. The molecule has 17 heavy (non-hydrogen) atoms. The van der Waals surface area contributed by atoms with E-state index in [1.165, 1.54) is 6.08 Å². The molecule has 3 N–H and O–H groups in total. The first kappa shape index (κ1) is 16.7. The van der Waals surface area contributed by atoms with E-state index in [0.717, 1.165) is 0 Å². The van der Waals surface area contributed by atoms with Gasteiger partial charge >= 0.3 is 0 Å². The van der Waals surface area contributed by atoms with E-state index in [1.54, 1.807) is 0 Å². The maximum absolute atomic E-state index is 12.0. The molecule has 0 saturated heterocycles. The van der Waals surface area contributed by atoms with Crippen LogP contribution in [0.4, 0.5) is 0 Å². The third-order valence-electron chi connectivity index (χ3n) is 2.87. The monoisotopic (exact) mass is 263 g/mol. The Morgan fingerprint density at radius 1 is 0.941 bits per heavy atom. The minimum Gasteiger partial charge on any atom is -0.396 e. The summed E-state index contributed by atoms with van der Waals surface area (Å²) in [6.45, 7) is 3.76. The molecule has 4 nitrogen and oxygen atoms in total. The first-order chi connectivity index (χ1) is 8.16. The van der Waals surface area contributed by atoms with E-state index in [2.05, 4.69) is 6.58 Å². The summed E-state index contributed by atoms with van der Waals surface area (Å²) in [5.41, 5.74) is 0.0628. The predicted molar refractivity (Wildman–Crippen MR) is 71.8 cm³/mol. The van der Waals surface area contributed by atoms with Gasteiger partial charge in [-0.3, -0.25) is 0 Å². The normalized spacial score (nSPS) is 11.5. The van der Waals surface area contributed by atoms with Gasteiger partial charge in [0.25, 0.3) is 5.52 Å². The zero-order chi connectivity index (χ0) is 13.1. The fraction of sp³-hybridized carbons (Fsp3) is 0.750. The Morgan fingerprint density at radius 2 is 1.29 bits per heavy atom. The number of carbonyl (C=O) groups excluding carboxylic acids is 1. The van der Waals surface area contributed by atoms with Gasteiger partial charge in [-0.15, -0.1) is 0 Å². The third kappa shape index (κ3) is 5.73. The van der Waals surface area contributed by atoms with E-state index in [4.69, 9.17) is 15.3 Å². The van der Waals surface area contributed by atoms with Crippen LogP contribution in [-0.4, -0.2) is 59.2 Å². The van der Waals surface area contributed by atoms with E-state index in [9.17, 15) is 4.79 Å².